The maximum Gasteiger partial charge on any atom is 0.338 e. The van der Waals surface area contributed by atoms with Gasteiger partial charge < -0.3 is 9.84 Å². The lowest BCUT2D eigenvalue weighted by Crippen LogP contribution is -2.39. The van der Waals surface area contributed by atoms with Crippen molar-refractivity contribution in [1.82, 2.24) is 4.57 Å². The highest BCUT2D eigenvalue weighted by atomic mass is 32.1. The molecule has 0 saturated carbocycles. The van der Waals surface area contributed by atoms with Gasteiger partial charge in [0.1, 0.15) is 11.6 Å². The largest absolute Gasteiger partial charge is 0.507 e. The van der Waals surface area contributed by atoms with E-state index in [4.69, 9.17) is 4.74 Å². The first-order valence-corrected chi connectivity index (χ1v) is 13.8. The number of carbonyl (C=O) groups excluding carboxylic acids is 1. The Balaban J connectivity index is 1.99. The molecule has 6 nitrogen and oxygen atoms in total. The number of ether oxygens (including phenoxy) is 1. The lowest BCUT2D eigenvalue weighted by Gasteiger charge is -2.27. The molecular formula is C31H35FN2O4S. The van der Waals surface area contributed by atoms with Gasteiger partial charge in [0.25, 0.3) is 5.56 Å². The fourth-order valence-corrected chi connectivity index (χ4v) is 5.83. The summed E-state index contributed by atoms with van der Waals surface area (Å²) in [5.41, 5.74) is 2.68. The summed E-state index contributed by atoms with van der Waals surface area (Å²) in [7, 11) is 0. The summed E-state index contributed by atoms with van der Waals surface area (Å²) >= 11 is 1.23. The summed E-state index contributed by atoms with van der Waals surface area (Å²) < 4.78 is 21.0. The van der Waals surface area contributed by atoms with Crippen molar-refractivity contribution in [3.63, 3.8) is 0 Å². The summed E-state index contributed by atoms with van der Waals surface area (Å²) in [5, 5.41) is 11.1. The lowest BCUT2D eigenvalue weighted by atomic mass is 9.78. The van der Waals surface area contributed by atoms with Crippen molar-refractivity contribution in [2.75, 3.05) is 6.61 Å². The quantitative estimate of drug-likeness (QED) is 0.451. The second-order valence-electron chi connectivity index (χ2n) is 11.8. The number of aromatic hydroxyl groups is 1. The third-order valence-corrected chi connectivity index (χ3v) is 7.73. The van der Waals surface area contributed by atoms with E-state index in [1.165, 1.54) is 28.0 Å². The van der Waals surface area contributed by atoms with E-state index in [9.17, 15) is 19.1 Å². The number of esters is 1. The van der Waals surface area contributed by atoms with E-state index >= 15 is 0 Å². The molecule has 0 aliphatic carbocycles. The lowest BCUT2D eigenvalue weighted by molar-refractivity contribution is -0.139. The van der Waals surface area contributed by atoms with Gasteiger partial charge in [0, 0.05) is 11.1 Å². The molecular weight excluding hydrogens is 515 g/mol. The Bertz CT molecular complexity index is 1610. The van der Waals surface area contributed by atoms with E-state index in [1.807, 2.05) is 53.7 Å². The molecule has 0 fully saturated rings. The second kappa shape index (κ2) is 10.2. The van der Waals surface area contributed by atoms with Gasteiger partial charge in [-0.15, -0.1) is 0 Å². The maximum absolute atomic E-state index is 13.9. The molecule has 1 aliphatic rings. The minimum atomic E-state index is -0.807. The molecule has 0 saturated heterocycles. The van der Waals surface area contributed by atoms with Crippen LogP contribution in [0.15, 0.2) is 57.5 Å². The molecule has 0 amide bonds. The summed E-state index contributed by atoms with van der Waals surface area (Å²) in [6, 6.07) is 8.77. The average molecular weight is 551 g/mol. The number of aromatic nitrogens is 1. The fourth-order valence-electron chi connectivity index (χ4n) is 4.79. The molecule has 0 bridgehead atoms. The highest BCUT2D eigenvalue weighted by molar-refractivity contribution is 7.07. The Labute approximate surface area is 231 Å². The molecule has 3 aromatic rings. The van der Waals surface area contributed by atoms with Crippen LogP contribution in [0.1, 0.15) is 83.7 Å². The van der Waals surface area contributed by atoms with Crippen LogP contribution in [0.25, 0.3) is 6.08 Å². The number of fused-ring (bicyclic) bond motifs is 1. The molecule has 0 spiro atoms. The molecule has 2 heterocycles. The van der Waals surface area contributed by atoms with Gasteiger partial charge in [0.15, 0.2) is 4.80 Å². The number of hydrogen-bond donors (Lipinski definition) is 1. The first kappa shape index (κ1) is 28.5. The number of hydrogen-bond acceptors (Lipinski definition) is 6. The maximum atomic E-state index is 13.9. The monoisotopic (exact) mass is 550 g/mol. The Morgan fingerprint density at radius 3 is 2.18 bits per heavy atom. The molecule has 206 valence electrons. The van der Waals surface area contributed by atoms with Gasteiger partial charge in [0.2, 0.25) is 0 Å². The molecule has 1 N–H and O–H groups in total. The predicted octanol–water partition coefficient (Wildman–Crippen LogP) is 5.24. The number of thiazole rings is 1. The molecule has 1 aromatic heterocycles. The van der Waals surface area contributed by atoms with Crippen molar-refractivity contribution >= 4 is 23.4 Å². The Hall–Kier alpha value is -3.52. The van der Waals surface area contributed by atoms with Crippen LogP contribution < -0.4 is 14.9 Å². The number of nitrogens with zero attached hydrogens (tertiary/aromatic N) is 2. The van der Waals surface area contributed by atoms with Crippen molar-refractivity contribution in [3.05, 3.63) is 95.4 Å². The van der Waals surface area contributed by atoms with Crippen molar-refractivity contribution in [2.45, 2.75) is 72.3 Å². The SMILES string of the molecule is CCOC(=O)C1=C(C)N=c2sc(=Cc3cc(C(C)(C)C)c(O)c(C(C)(C)C)c3)c(=O)n2C1c1ccc(F)cc1. The number of carbonyl (C=O) groups is 1. The number of benzene rings is 2. The Morgan fingerprint density at radius 1 is 1.10 bits per heavy atom. The van der Waals surface area contributed by atoms with E-state index in [1.54, 1.807) is 32.1 Å². The van der Waals surface area contributed by atoms with Gasteiger partial charge >= 0.3 is 5.97 Å². The minimum Gasteiger partial charge on any atom is -0.507 e. The molecule has 4 rings (SSSR count). The van der Waals surface area contributed by atoms with Crippen molar-refractivity contribution in [2.24, 2.45) is 4.99 Å². The minimum absolute atomic E-state index is 0.170. The Kier molecular flexibility index (Phi) is 7.47. The summed E-state index contributed by atoms with van der Waals surface area (Å²) in [4.78, 5) is 32.0. The molecule has 0 radical (unpaired) electrons. The van der Waals surface area contributed by atoms with E-state index in [0.29, 0.717) is 20.6 Å². The molecule has 1 aliphatic heterocycles. The average Bonchev–Trinajstić information content (AvgIpc) is 3.12. The van der Waals surface area contributed by atoms with Crippen LogP contribution in [0.5, 0.6) is 5.75 Å². The third kappa shape index (κ3) is 5.48. The Morgan fingerprint density at radius 2 is 1.67 bits per heavy atom. The molecule has 1 unspecified atom stereocenters. The number of phenolic OH excluding ortho intramolecular Hbond substituents is 1. The number of rotatable bonds is 4. The van der Waals surface area contributed by atoms with Crippen molar-refractivity contribution in [3.8, 4) is 5.75 Å². The van der Waals surface area contributed by atoms with Gasteiger partial charge in [-0.05, 0) is 66.1 Å². The van der Waals surface area contributed by atoms with Crippen LogP contribution in [0.3, 0.4) is 0 Å². The number of allylic oxidation sites excluding steroid dienone is 1. The topological polar surface area (TPSA) is 80.9 Å². The summed E-state index contributed by atoms with van der Waals surface area (Å²) in [5.74, 6) is -0.716. The van der Waals surface area contributed by atoms with Crippen LogP contribution in [0, 0.1) is 5.82 Å². The zero-order valence-electron chi connectivity index (χ0n) is 23.7. The van der Waals surface area contributed by atoms with Crippen molar-refractivity contribution < 1.29 is 19.0 Å². The summed E-state index contributed by atoms with van der Waals surface area (Å²) in [6.45, 7) is 15.8. The van der Waals surface area contributed by atoms with Gasteiger partial charge in [0.05, 0.1) is 28.5 Å². The van der Waals surface area contributed by atoms with E-state index in [2.05, 4.69) is 4.99 Å². The first-order chi connectivity index (χ1) is 18.1. The standard InChI is InChI=1S/C31H35FN2O4S/c1-9-38-28(37)24-17(2)33-29-34(25(24)19-10-12-20(32)13-11-19)27(36)23(39-29)16-18-14-21(30(3,4)5)26(35)22(15-18)31(6,7)8/h10-16,25,35H,9H2,1-8H3. The predicted molar refractivity (Wildman–Crippen MR) is 152 cm³/mol. The van der Waals surface area contributed by atoms with Crippen LogP contribution in [0.4, 0.5) is 4.39 Å². The first-order valence-electron chi connectivity index (χ1n) is 13.0. The van der Waals surface area contributed by atoms with Crippen molar-refractivity contribution in [1.29, 1.82) is 0 Å². The smallest absolute Gasteiger partial charge is 0.338 e. The van der Waals surface area contributed by atoms with E-state index < -0.39 is 17.8 Å². The van der Waals surface area contributed by atoms with Crippen LogP contribution in [-0.2, 0) is 20.4 Å². The van der Waals surface area contributed by atoms with Gasteiger partial charge in [-0.1, -0.05) is 65.0 Å². The summed E-state index contributed by atoms with van der Waals surface area (Å²) in [6.07, 6.45) is 1.80. The molecule has 8 heteroatoms. The van der Waals surface area contributed by atoms with Crippen LogP contribution in [0.2, 0.25) is 0 Å². The van der Waals surface area contributed by atoms with E-state index in [0.717, 1.165) is 16.7 Å². The number of phenols is 1. The fraction of sp³-hybridized carbons (Fsp3) is 0.387. The van der Waals surface area contributed by atoms with Crippen LogP contribution >= 0.6 is 11.3 Å². The normalized spacial score (nSPS) is 16.2. The van der Waals surface area contributed by atoms with E-state index in [-0.39, 0.29) is 34.3 Å². The third-order valence-electron chi connectivity index (χ3n) is 6.75. The van der Waals surface area contributed by atoms with Gasteiger partial charge in [-0.2, -0.15) is 0 Å². The highest BCUT2D eigenvalue weighted by Crippen LogP contribution is 2.40. The van der Waals surface area contributed by atoms with Crippen LogP contribution in [-0.4, -0.2) is 22.2 Å². The second-order valence-corrected chi connectivity index (χ2v) is 12.8. The molecule has 39 heavy (non-hydrogen) atoms. The van der Waals surface area contributed by atoms with Gasteiger partial charge in [-0.25, -0.2) is 14.2 Å². The number of halogens is 1. The molecule has 2 aromatic carbocycles. The van der Waals surface area contributed by atoms with Gasteiger partial charge in [-0.3, -0.25) is 9.36 Å². The highest BCUT2D eigenvalue weighted by Gasteiger charge is 2.33. The molecule has 1 atom stereocenters. The zero-order chi connectivity index (χ0) is 28.9. The zero-order valence-corrected chi connectivity index (χ0v) is 24.5.